The van der Waals surface area contributed by atoms with Crippen molar-refractivity contribution in [1.82, 2.24) is 0 Å². The highest BCUT2D eigenvalue weighted by Crippen LogP contribution is 2.28. The lowest BCUT2D eigenvalue weighted by atomic mass is 10.1. The van der Waals surface area contributed by atoms with Gasteiger partial charge in [0.15, 0.2) is 11.9 Å². The van der Waals surface area contributed by atoms with Crippen LogP contribution >= 0.6 is 11.8 Å². The zero-order valence-electron chi connectivity index (χ0n) is 13.1. The van der Waals surface area contributed by atoms with Gasteiger partial charge in [0.2, 0.25) is 0 Å². The molecule has 2 atom stereocenters. The fourth-order valence-electron chi connectivity index (χ4n) is 2.99. The number of fused-ring (bicyclic) bond motifs is 1. The lowest BCUT2D eigenvalue weighted by Gasteiger charge is -2.30. The summed E-state index contributed by atoms with van der Waals surface area (Å²) in [6.07, 6.45) is 0. The third-order valence-electron chi connectivity index (χ3n) is 4.22. The molecule has 23 heavy (non-hydrogen) atoms. The molecule has 1 saturated heterocycles. The number of ether oxygens (including phenoxy) is 1. The molecule has 2 aliphatic rings. The van der Waals surface area contributed by atoms with Gasteiger partial charge in [-0.25, -0.2) is 0 Å². The van der Waals surface area contributed by atoms with Gasteiger partial charge >= 0.3 is 11.9 Å². The summed E-state index contributed by atoms with van der Waals surface area (Å²) in [6.45, 7) is 3.73. The number of carbonyl (C=O) groups excluding carboxylic acids is 3. The number of benzene rings is 1. The summed E-state index contributed by atoms with van der Waals surface area (Å²) in [5.74, 6) is -0.330. The minimum atomic E-state index is -0.481. The number of methoxy groups -OCH3 is 1. The van der Waals surface area contributed by atoms with E-state index in [1.54, 1.807) is 17.8 Å². The third kappa shape index (κ3) is 2.98. The summed E-state index contributed by atoms with van der Waals surface area (Å²) in [7, 11) is 1.39. The Bertz CT molecular complexity index is 676. The molecule has 2 aliphatic heterocycles. The van der Waals surface area contributed by atoms with Crippen LogP contribution in [0.15, 0.2) is 18.2 Å². The molecule has 0 spiro atoms. The predicted octanol–water partition coefficient (Wildman–Crippen LogP) is -0.345. The first-order valence-electron chi connectivity index (χ1n) is 7.51. The monoisotopic (exact) mass is 335 g/mol. The Labute approximate surface area is 138 Å². The molecule has 3 rings (SSSR count). The van der Waals surface area contributed by atoms with Crippen LogP contribution in [-0.2, 0) is 14.3 Å². The number of rotatable bonds is 3. The molecule has 0 saturated carbocycles. The van der Waals surface area contributed by atoms with Gasteiger partial charge in [-0.1, -0.05) is 11.6 Å². The van der Waals surface area contributed by atoms with Crippen molar-refractivity contribution in [3.63, 3.8) is 0 Å². The molecule has 1 aromatic rings. The molecule has 7 heteroatoms. The van der Waals surface area contributed by atoms with Gasteiger partial charge in [-0.15, -0.1) is 11.8 Å². The number of hydrogen-bond donors (Lipinski definition) is 1. The van der Waals surface area contributed by atoms with Crippen LogP contribution in [0.5, 0.6) is 0 Å². The van der Waals surface area contributed by atoms with E-state index in [1.165, 1.54) is 12.0 Å². The number of hydrogen-bond acceptors (Lipinski definition) is 5. The Morgan fingerprint density at radius 1 is 1.43 bits per heavy atom. The SMILES string of the molecule is COC(=O)[C@@H]1C[NH+](CN2C(=O)C(=O)c3cc(C)ccc32)CCS1. The molecule has 1 aromatic carbocycles. The molecule has 1 N–H and O–H groups in total. The van der Waals surface area contributed by atoms with Crippen molar-refractivity contribution < 1.29 is 24.0 Å². The number of anilines is 1. The predicted molar refractivity (Wildman–Crippen MR) is 86.8 cm³/mol. The molecule has 6 nitrogen and oxygen atoms in total. The molecule has 1 unspecified atom stereocenters. The maximum Gasteiger partial charge on any atom is 0.324 e. The minimum Gasteiger partial charge on any atom is -0.468 e. The van der Waals surface area contributed by atoms with Gasteiger partial charge in [0.05, 0.1) is 24.9 Å². The van der Waals surface area contributed by atoms with Gasteiger partial charge in [0.25, 0.3) is 5.78 Å². The largest absolute Gasteiger partial charge is 0.468 e. The van der Waals surface area contributed by atoms with E-state index in [9.17, 15) is 14.4 Å². The van der Waals surface area contributed by atoms with Crippen molar-refractivity contribution in [2.45, 2.75) is 12.2 Å². The quantitative estimate of drug-likeness (QED) is 0.604. The Morgan fingerprint density at radius 3 is 2.96 bits per heavy atom. The van der Waals surface area contributed by atoms with E-state index in [0.29, 0.717) is 24.5 Å². The second kappa shape index (κ2) is 6.33. The van der Waals surface area contributed by atoms with E-state index in [1.807, 2.05) is 19.1 Å². The molecule has 2 heterocycles. The second-order valence-corrected chi connectivity index (χ2v) is 7.14. The minimum absolute atomic E-state index is 0.213. The number of amides is 1. The number of aryl methyl sites for hydroxylation is 1. The number of nitrogens with one attached hydrogen (secondary N) is 1. The number of thioether (sulfide) groups is 1. The lowest BCUT2D eigenvalue weighted by Crippen LogP contribution is -3.16. The van der Waals surface area contributed by atoms with Crippen molar-refractivity contribution in [3.8, 4) is 0 Å². The second-order valence-electron chi connectivity index (χ2n) is 5.83. The van der Waals surface area contributed by atoms with E-state index in [-0.39, 0.29) is 11.2 Å². The number of ketones is 1. The van der Waals surface area contributed by atoms with Gasteiger partial charge in [-0.2, -0.15) is 0 Å². The van der Waals surface area contributed by atoms with Crippen LogP contribution in [-0.4, -0.2) is 55.5 Å². The number of quaternary nitrogens is 1. The van der Waals surface area contributed by atoms with Crippen molar-refractivity contribution in [2.24, 2.45) is 0 Å². The van der Waals surface area contributed by atoms with Gasteiger partial charge in [-0.3, -0.25) is 19.3 Å². The van der Waals surface area contributed by atoms with Crippen LogP contribution in [0.25, 0.3) is 0 Å². The zero-order chi connectivity index (χ0) is 16.6. The molecular weight excluding hydrogens is 316 g/mol. The van der Waals surface area contributed by atoms with Gasteiger partial charge in [0, 0.05) is 5.75 Å². The third-order valence-corrected chi connectivity index (χ3v) is 5.42. The summed E-state index contributed by atoms with van der Waals surface area (Å²) in [5.41, 5.74) is 2.11. The molecule has 1 amide bonds. The maximum absolute atomic E-state index is 12.3. The fourth-order valence-corrected chi connectivity index (χ4v) is 4.27. The number of nitrogens with zero attached hydrogens (tertiary/aromatic N) is 1. The van der Waals surface area contributed by atoms with Crippen molar-refractivity contribution in [1.29, 1.82) is 0 Å². The Hall–Kier alpha value is -1.86. The van der Waals surface area contributed by atoms with Crippen molar-refractivity contribution >= 4 is 35.1 Å². The first kappa shape index (κ1) is 16.0. The van der Waals surface area contributed by atoms with Crippen LogP contribution in [0.3, 0.4) is 0 Å². The number of Topliss-reactive ketones (excluding diaryl/α,β-unsaturated/α-hetero) is 1. The highest BCUT2D eigenvalue weighted by molar-refractivity contribution is 8.00. The van der Waals surface area contributed by atoms with Gasteiger partial charge < -0.3 is 9.64 Å². The molecule has 0 bridgehead atoms. The molecule has 1 fully saturated rings. The van der Waals surface area contributed by atoms with E-state index in [4.69, 9.17) is 4.74 Å². The lowest BCUT2D eigenvalue weighted by molar-refractivity contribution is -0.896. The maximum atomic E-state index is 12.3. The van der Waals surface area contributed by atoms with Crippen LogP contribution in [0.2, 0.25) is 0 Å². The first-order chi connectivity index (χ1) is 11.0. The Kier molecular flexibility index (Phi) is 4.41. The summed E-state index contributed by atoms with van der Waals surface area (Å²) in [4.78, 5) is 38.8. The normalized spacial score (nSPS) is 23.8. The topological polar surface area (TPSA) is 68.1 Å². The number of esters is 1. The van der Waals surface area contributed by atoms with Gasteiger partial charge in [-0.05, 0) is 19.1 Å². The van der Waals surface area contributed by atoms with Gasteiger partial charge in [0.1, 0.15) is 6.54 Å². The average molecular weight is 335 g/mol. The number of carbonyl (C=O) groups is 3. The van der Waals surface area contributed by atoms with Crippen molar-refractivity contribution in [3.05, 3.63) is 29.3 Å². The van der Waals surface area contributed by atoms with E-state index >= 15 is 0 Å². The van der Waals surface area contributed by atoms with E-state index in [2.05, 4.69) is 0 Å². The molecule has 0 aromatic heterocycles. The fraction of sp³-hybridized carbons (Fsp3) is 0.438. The zero-order valence-corrected chi connectivity index (χ0v) is 13.9. The van der Waals surface area contributed by atoms with E-state index in [0.717, 1.165) is 22.8 Å². The molecule has 122 valence electrons. The summed E-state index contributed by atoms with van der Waals surface area (Å²) in [6, 6.07) is 5.48. The standard InChI is InChI=1S/C16H18N2O4S/c1-10-3-4-12-11(7-10)14(19)15(20)18(12)9-17-5-6-23-13(8-17)16(21)22-2/h3-4,7,13H,5-6,8-9H2,1-2H3/p+1/t13-/m0/s1. The summed E-state index contributed by atoms with van der Waals surface area (Å²) >= 11 is 1.58. The molecular formula is C16H19N2O4S+. The van der Waals surface area contributed by atoms with E-state index < -0.39 is 11.7 Å². The Morgan fingerprint density at radius 2 is 2.22 bits per heavy atom. The van der Waals surface area contributed by atoms with Crippen LogP contribution < -0.4 is 9.80 Å². The highest BCUT2D eigenvalue weighted by atomic mass is 32.2. The molecule has 0 aliphatic carbocycles. The summed E-state index contributed by atoms with van der Waals surface area (Å²) in [5, 5.41) is -0.213. The highest BCUT2D eigenvalue weighted by Gasteiger charge is 2.39. The average Bonchev–Trinajstić information content (AvgIpc) is 2.79. The molecule has 0 radical (unpaired) electrons. The summed E-state index contributed by atoms with van der Waals surface area (Å²) < 4.78 is 4.81. The smallest absolute Gasteiger partial charge is 0.324 e. The van der Waals surface area contributed by atoms with Crippen LogP contribution in [0.4, 0.5) is 5.69 Å². The van der Waals surface area contributed by atoms with Crippen LogP contribution in [0.1, 0.15) is 15.9 Å². The first-order valence-corrected chi connectivity index (χ1v) is 8.56. The Balaban J connectivity index is 1.77. The van der Waals surface area contributed by atoms with Crippen molar-refractivity contribution in [2.75, 3.05) is 37.5 Å². The van der Waals surface area contributed by atoms with Crippen LogP contribution in [0, 0.1) is 6.92 Å².